The highest BCUT2D eigenvalue weighted by Crippen LogP contribution is 2.44. The van der Waals surface area contributed by atoms with Crippen LogP contribution < -0.4 is 0 Å². The lowest BCUT2D eigenvalue weighted by Gasteiger charge is -2.15. The van der Waals surface area contributed by atoms with Crippen molar-refractivity contribution >= 4 is 49.0 Å². The molecule has 48 heavy (non-hydrogen) atoms. The number of nitrogens with zero attached hydrogens (tertiary/aromatic N) is 3. The second-order valence-electron chi connectivity index (χ2n) is 12.4. The average Bonchev–Trinajstić information content (AvgIpc) is 3.73. The van der Waals surface area contributed by atoms with E-state index >= 15 is 0 Å². The Labute approximate surface area is 277 Å². The largest absolute Gasteiger partial charge is 0.309 e. The van der Waals surface area contributed by atoms with E-state index in [1.165, 1.54) is 49.1 Å². The molecule has 0 radical (unpaired) electrons. The van der Waals surface area contributed by atoms with E-state index in [-0.39, 0.29) is 0 Å². The zero-order valence-corrected chi connectivity index (χ0v) is 26.1. The maximum absolute atomic E-state index is 5.49. The van der Waals surface area contributed by atoms with Crippen LogP contribution in [0.25, 0.3) is 88.5 Å². The second kappa shape index (κ2) is 10.5. The van der Waals surface area contributed by atoms with Crippen LogP contribution in [0.3, 0.4) is 0 Å². The topological polar surface area (TPSA) is 22.2 Å². The normalized spacial score (nSPS) is 11.8. The minimum atomic E-state index is 0.939. The van der Waals surface area contributed by atoms with Gasteiger partial charge < -0.3 is 4.57 Å². The fourth-order valence-corrected chi connectivity index (χ4v) is 7.59. The Balaban J connectivity index is 1.39. The monoisotopic (exact) mass is 611 g/mol. The molecule has 10 aromatic rings. The summed E-state index contributed by atoms with van der Waals surface area (Å²) < 4.78 is 4.83. The Morgan fingerprint density at radius 2 is 0.896 bits per heavy atom. The van der Waals surface area contributed by atoms with Crippen molar-refractivity contribution in [3.8, 4) is 39.5 Å². The molecule has 0 atom stereocenters. The molecule has 10 rings (SSSR count). The molecule has 0 unspecified atom stereocenters. The molecule has 0 saturated carbocycles. The number of hydrogen-bond acceptors (Lipinski definition) is 1. The van der Waals surface area contributed by atoms with Gasteiger partial charge in [0.2, 0.25) is 0 Å². The highest BCUT2D eigenvalue weighted by molar-refractivity contribution is 6.28. The van der Waals surface area contributed by atoms with E-state index in [0.717, 1.165) is 39.4 Å². The smallest absolute Gasteiger partial charge is 0.145 e. The van der Waals surface area contributed by atoms with Crippen molar-refractivity contribution in [3.05, 3.63) is 176 Å². The molecule has 0 N–H and O–H groups in total. The predicted octanol–water partition coefficient (Wildman–Crippen LogP) is 11.7. The summed E-state index contributed by atoms with van der Waals surface area (Å²) in [5.41, 5.74) is 11.4. The highest BCUT2D eigenvalue weighted by atomic mass is 15.0. The van der Waals surface area contributed by atoms with Gasteiger partial charge in [-0.05, 0) is 35.4 Å². The summed E-state index contributed by atoms with van der Waals surface area (Å²) in [7, 11) is 0. The van der Waals surface area contributed by atoms with Crippen LogP contribution in [0.2, 0.25) is 0 Å². The van der Waals surface area contributed by atoms with E-state index in [2.05, 4.69) is 185 Å². The van der Waals surface area contributed by atoms with Gasteiger partial charge in [-0.25, -0.2) is 4.98 Å². The minimum absolute atomic E-state index is 0.939. The third-order valence-electron chi connectivity index (χ3n) is 9.70. The SMILES string of the molecule is c1ccc(-c2ccc(-c3nc(-c4ccccc4)n4c5ccccc5c5c(ccc6c7ccccc7n(-c7ccccc7)c65)c34)cc2)cc1. The Bertz CT molecular complexity index is 2790. The van der Waals surface area contributed by atoms with E-state index in [4.69, 9.17) is 4.98 Å². The summed E-state index contributed by atoms with van der Waals surface area (Å²) >= 11 is 0. The zero-order valence-electron chi connectivity index (χ0n) is 26.1. The van der Waals surface area contributed by atoms with Crippen LogP contribution in [0.4, 0.5) is 0 Å². The predicted molar refractivity (Wildman–Crippen MR) is 201 cm³/mol. The van der Waals surface area contributed by atoms with E-state index in [0.29, 0.717) is 0 Å². The van der Waals surface area contributed by atoms with Gasteiger partial charge in [0.25, 0.3) is 0 Å². The quantitative estimate of drug-likeness (QED) is 0.182. The summed E-state index contributed by atoms with van der Waals surface area (Å²) in [6.07, 6.45) is 0. The first kappa shape index (κ1) is 26.7. The minimum Gasteiger partial charge on any atom is -0.309 e. The van der Waals surface area contributed by atoms with E-state index in [1.807, 2.05) is 0 Å². The van der Waals surface area contributed by atoms with Crippen LogP contribution in [-0.4, -0.2) is 14.0 Å². The molecule has 0 saturated heterocycles. The van der Waals surface area contributed by atoms with Gasteiger partial charge in [-0.2, -0.15) is 0 Å². The average molecular weight is 612 g/mol. The molecule has 0 spiro atoms. The molecule has 0 amide bonds. The van der Waals surface area contributed by atoms with Gasteiger partial charge in [0.05, 0.1) is 27.8 Å². The van der Waals surface area contributed by atoms with Gasteiger partial charge in [0, 0.05) is 43.7 Å². The summed E-state index contributed by atoms with van der Waals surface area (Å²) in [5, 5.41) is 6.10. The number of hydrogen-bond donors (Lipinski definition) is 0. The highest BCUT2D eigenvalue weighted by Gasteiger charge is 2.24. The summed E-state index contributed by atoms with van der Waals surface area (Å²) in [5.74, 6) is 0.939. The summed E-state index contributed by atoms with van der Waals surface area (Å²) in [4.78, 5) is 5.49. The Morgan fingerprint density at radius 1 is 0.354 bits per heavy atom. The Morgan fingerprint density at radius 3 is 1.62 bits per heavy atom. The fourth-order valence-electron chi connectivity index (χ4n) is 7.59. The number of pyridine rings is 1. The lowest BCUT2D eigenvalue weighted by atomic mass is 9.98. The maximum atomic E-state index is 5.49. The molecular weight excluding hydrogens is 583 g/mol. The molecule has 0 aliphatic heterocycles. The summed E-state index contributed by atoms with van der Waals surface area (Å²) in [6.45, 7) is 0. The van der Waals surface area contributed by atoms with Crippen LogP contribution in [0, 0.1) is 0 Å². The molecule has 0 aliphatic rings. The van der Waals surface area contributed by atoms with Crippen molar-refractivity contribution in [2.45, 2.75) is 0 Å². The number of rotatable bonds is 4. The number of para-hydroxylation sites is 3. The van der Waals surface area contributed by atoms with Crippen molar-refractivity contribution in [3.63, 3.8) is 0 Å². The first-order valence-corrected chi connectivity index (χ1v) is 16.4. The standard InChI is InChI=1S/C45H29N3/c1-4-14-30(15-5-1)31-24-26-32(27-25-31)42-44-38-29-28-36-35-20-10-12-22-39(35)47(34-18-8-3-9-19-34)43(36)41(38)37-21-11-13-23-40(37)48(44)45(46-42)33-16-6-2-7-17-33/h1-29H. The fraction of sp³-hybridized carbons (Fsp3) is 0. The molecule has 0 bridgehead atoms. The van der Waals surface area contributed by atoms with Crippen molar-refractivity contribution in [1.29, 1.82) is 0 Å². The van der Waals surface area contributed by atoms with Gasteiger partial charge in [-0.1, -0.05) is 152 Å². The van der Waals surface area contributed by atoms with E-state index in [9.17, 15) is 0 Å². The number of fused-ring (bicyclic) bond motifs is 10. The zero-order chi connectivity index (χ0) is 31.6. The van der Waals surface area contributed by atoms with Crippen molar-refractivity contribution in [2.24, 2.45) is 0 Å². The Hall–Kier alpha value is -6.45. The third-order valence-corrected chi connectivity index (χ3v) is 9.70. The second-order valence-corrected chi connectivity index (χ2v) is 12.4. The van der Waals surface area contributed by atoms with Gasteiger partial charge in [0.1, 0.15) is 5.82 Å². The first-order chi connectivity index (χ1) is 23.8. The molecule has 224 valence electrons. The molecule has 3 heteroatoms. The van der Waals surface area contributed by atoms with Crippen LogP contribution in [-0.2, 0) is 0 Å². The Kier molecular flexibility index (Phi) is 5.87. The van der Waals surface area contributed by atoms with Crippen molar-refractivity contribution < 1.29 is 0 Å². The van der Waals surface area contributed by atoms with Gasteiger partial charge in [-0.15, -0.1) is 0 Å². The number of imidazole rings is 1. The lowest BCUT2D eigenvalue weighted by molar-refractivity contribution is 1.19. The molecule has 3 aromatic heterocycles. The van der Waals surface area contributed by atoms with E-state index < -0.39 is 0 Å². The van der Waals surface area contributed by atoms with Crippen LogP contribution in [0.5, 0.6) is 0 Å². The van der Waals surface area contributed by atoms with E-state index in [1.54, 1.807) is 0 Å². The van der Waals surface area contributed by atoms with Gasteiger partial charge >= 0.3 is 0 Å². The number of benzene rings is 7. The molecule has 3 nitrogen and oxygen atoms in total. The maximum Gasteiger partial charge on any atom is 0.145 e. The number of aromatic nitrogens is 3. The molecule has 0 fully saturated rings. The van der Waals surface area contributed by atoms with Gasteiger partial charge in [-0.3, -0.25) is 4.40 Å². The van der Waals surface area contributed by atoms with Crippen LogP contribution in [0.1, 0.15) is 0 Å². The first-order valence-electron chi connectivity index (χ1n) is 16.4. The van der Waals surface area contributed by atoms with Gasteiger partial charge in [0.15, 0.2) is 0 Å². The molecular formula is C45H29N3. The lowest BCUT2D eigenvalue weighted by Crippen LogP contribution is -1.97. The third kappa shape index (κ3) is 3.91. The molecule has 7 aromatic carbocycles. The van der Waals surface area contributed by atoms with Crippen LogP contribution in [0.15, 0.2) is 176 Å². The van der Waals surface area contributed by atoms with Crippen LogP contribution >= 0.6 is 0 Å². The van der Waals surface area contributed by atoms with Crippen molar-refractivity contribution in [2.75, 3.05) is 0 Å². The molecule has 0 aliphatic carbocycles. The molecule has 3 heterocycles. The summed E-state index contributed by atoms with van der Waals surface area (Å²) in [6, 6.07) is 62.9. The van der Waals surface area contributed by atoms with Crippen molar-refractivity contribution in [1.82, 2.24) is 14.0 Å².